The molecule has 0 aromatic heterocycles. The quantitative estimate of drug-likeness (QED) is 0.821. The van der Waals surface area contributed by atoms with Gasteiger partial charge in [-0.2, -0.15) is 0 Å². The van der Waals surface area contributed by atoms with Crippen molar-refractivity contribution < 1.29 is 9.84 Å². The topological polar surface area (TPSA) is 44.7 Å². The molecule has 0 atom stereocenters. The molecule has 1 saturated heterocycles. The number of nitrogens with one attached hydrogen (secondary N) is 1. The van der Waals surface area contributed by atoms with E-state index in [1.165, 1.54) is 25.9 Å². The third-order valence-corrected chi connectivity index (χ3v) is 4.16. The van der Waals surface area contributed by atoms with E-state index in [9.17, 15) is 5.11 Å². The Hall–Kier alpha value is -2.20. The minimum absolute atomic E-state index is 0.296. The lowest BCUT2D eigenvalue weighted by Gasteiger charge is -2.15. The first kappa shape index (κ1) is 15.7. The molecule has 1 fully saturated rings. The van der Waals surface area contributed by atoms with Crippen LogP contribution in [-0.4, -0.2) is 36.2 Å². The van der Waals surface area contributed by atoms with Gasteiger partial charge in [0.2, 0.25) is 0 Å². The highest BCUT2D eigenvalue weighted by Gasteiger charge is 2.10. The Balaban J connectivity index is 1.42. The summed E-state index contributed by atoms with van der Waals surface area (Å²) in [5, 5.41) is 12.6. The van der Waals surface area contributed by atoms with Crippen molar-refractivity contribution >= 4 is 5.69 Å². The fraction of sp³-hybridized carbons (Fsp3) is 0.368. The van der Waals surface area contributed by atoms with Crippen LogP contribution in [0.4, 0.5) is 5.69 Å². The number of nitrogens with zero attached hydrogens (tertiary/aromatic N) is 1. The molecular weight excluding hydrogens is 288 g/mol. The summed E-state index contributed by atoms with van der Waals surface area (Å²) in [6, 6.07) is 15.3. The predicted molar refractivity (Wildman–Crippen MR) is 93.0 cm³/mol. The largest absolute Gasteiger partial charge is 0.508 e. The number of ether oxygens (including phenoxy) is 1. The molecule has 0 saturated carbocycles. The van der Waals surface area contributed by atoms with E-state index in [4.69, 9.17) is 4.74 Å². The zero-order chi connectivity index (χ0) is 15.9. The molecule has 4 heteroatoms. The molecule has 2 N–H and O–H groups in total. The predicted octanol–water partition coefficient (Wildman–Crippen LogP) is 3.48. The second kappa shape index (κ2) is 7.88. The first-order valence-corrected chi connectivity index (χ1v) is 8.26. The van der Waals surface area contributed by atoms with Crippen molar-refractivity contribution in [3.63, 3.8) is 0 Å². The maximum atomic E-state index is 9.28. The van der Waals surface area contributed by atoms with Crippen molar-refractivity contribution in [3.05, 3.63) is 54.1 Å². The van der Waals surface area contributed by atoms with Crippen LogP contribution in [-0.2, 0) is 6.54 Å². The number of phenolic OH excluding ortho intramolecular Hbond substituents is 1. The molecule has 1 aliphatic heterocycles. The van der Waals surface area contributed by atoms with Gasteiger partial charge in [0.1, 0.15) is 18.1 Å². The highest BCUT2D eigenvalue weighted by Crippen LogP contribution is 2.17. The SMILES string of the molecule is Oc1ccc(CNc2ccc(OCCN3CCCC3)cc2)cc1. The number of hydrogen-bond donors (Lipinski definition) is 2. The normalized spacial score (nSPS) is 14.8. The van der Waals surface area contributed by atoms with Gasteiger partial charge in [-0.25, -0.2) is 0 Å². The van der Waals surface area contributed by atoms with Crippen molar-refractivity contribution in [2.24, 2.45) is 0 Å². The van der Waals surface area contributed by atoms with Crippen LogP contribution in [0.1, 0.15) is 18.4 Å². The van der Waals surface area contributed by atoms with Crippen LogP contribution in [0.5, 0.6) is 11.5 Å². The van der Waals surface area contributed by atoms with Gasteiger partial charge in [0.25, 0.3) is 0 Å². The Morgan fingerprint density at radius 2 is 1.65 bits per heavy atom. The zero-order valence-electron chi connectivity index (χ0n) is 13.4. The molecule has 4 nitrogen and oxygen atoms in total. The summed E-state index contributed by atoms with van der Waals surface area (Å²) in [5.74, 6) is 1.21. The average molecular weight is 312 g/mol. The van der Waals surface area contributed by atoms with E-state index in [2.05, 4.69) is 10.2 Å². The highest BCUT2D eigenvalue weighted by molar-refractivity contribution is 5.47. The third kappa shape index (κ3) is 4.89. The molecular formula is C19H24N2O2. The number of aromatic hydroxyl groups is 1. The third-order valence-electron chi connectivity index (χ3n) is 4.16. The molecule has 2 aromatic rings. The number of likely N-dealkylation sites (tertiary alicyclic amines) is 1. The molecule has 1 aliphatic rings. The molecule has 0 spiro atoms. The summed E-state index contributed by atoms with van der Waals surface area (Å²) in [6.07, 6.45) is 2.64. The summed E-state index contributed by atoms with van der Waals surface area (Å²) in [4.78, 5) is 2.45. The molecule has 0 aliphatic carbocycles. The van der Waals surface area contributed by atoms with Crippen molar-refractivity contribution in [1.82, 2.24) is 4.90 Å². The van der Waals surface area contributed by atoms with E-state index in [1.807, 2.05) is 36.4 Å². The molecule has 122 valence electrons. The molecule has 0 radical (unpaired) electrons. The summed E-state index contributed by atoms with van der Waals surface area (Å²) in [6.45, 7) is 4.92. The highest BCUT2D eigenvalue weighted by atomic mass is 16.5. The monoisotopic (exact) mass is 312 g/mol. The second-order valence-electron chi connectivity index (χ2n) is 5.94. The summed E-state index contributed by atoms with van der Waals surface area (Å²) in [5.41, 5.74) is 2.19. The molecule has 23 heavy (non-hydrogen) atoms. The van der Waals surface area contributed by atoms with Crippen molar-refractivity contribution in [2.45, 2.75) is 19.4 Å². The fourth-order valence-electron chi connectivity index (χ4n) is 2.79. The van der Waals surface area contributed by atoms with Crippen molar-refractivity contribution in [2.75, 3.05) is 31.6 Å². The molecule has 3 rings (SSSR count). The number of anilines is 1. The van der Waals surface area contributed by atoms with E-state index in [0.29, 0.717) is 5.75 Å². The van der Waals surface area contributed by atoms with Gasteiger partial charge in [0.05, 0.1) is 0 Å². The van der Waals surface area contributed by atoms with Crippen LogP contribution in [0.15, 0.2) is 48.5 Å². The van der Waals surface area contributed by atoms with Gasteiger partial charge in [-0.3, -0.25) is 4.90 Å². The van der Waals surface area contributed by atoms with Gasteiger partial charge in [-0.1, -0.05) is 12.1 Å². The van der Waals surface area contributed by atoms with Crippen LogP contribution in [0.3, 0.4) is 0 Å². The molecule has 2 aromatic carbocycles. The number of rotatable bonds is 7. The summed E-state index contributed by atoms with van der Waals surface area (Å²) >= 11 is 0. The first-order chi connectivity index (χ1) is 11.3. The minimum atomic E-state index is 0.296. The Bertz CT molecular complexity index is 590. The van der Waals surface area contributed by atoms with Crippen LogP contribution >= 0.6 is 0 Å². The Labute approximate surface area is 137 Å². The maximum absolute atomic E-state index is 9.28. The Kier molecular flexibility index (Phi) is 5.37. The van der Waals surface area contributed by atoms with E-state index in [1.54, 1.807) is 12.1 Å². The van der Waals surface area contributed by atoms with Gasteiger partial charge in [0.15, 0.2) is 0 Å². The average Bonchev–Trinajstić information content (AvgIpc) is 3.09. The number of benzene rings is 2. The summed E-state index contributed by atoms with van der Waals surface area (Å²) < 4.78 is 5.80. The first-order valence-electron chi connectivity index (χ1n) is 8.26. The fourth-order valence-corrected chi connectivity index (χ4v) is 2.79. The van der Waals surface area contributed by atoms with Crippen molar-refractivity contribution in [1.29, 1.82) is 0 Å². The van der Waals surface area contributed by atoms with Gasteiger partial charge < -0.3 is 15.2 Å². The Morgan fingerprint density at radius 1 is 0.957 bits per heavy atom. The van der Waals surface area contributed by atoms with E-state index in [-0.39, 0.29) is 0 Å². The summed E-state index contributed by atoms with van der Waals surface area (Å²) in [7, 11) is 0. The van der Waals surface area contributed by atoms with Crippen LogP contribution in [0.25, 0.3) is 0 Å². The smallest absolute Gasteiger partial charge is 0.119 e. The van der Waals surface area contributed by atoms with Gasteiger partial charge in [-0.05, 0) is 67.9 Å². The lowest BCUT2D eigenvalue weighted by atomic mass is 10.2. The Morgan fingerprint density at radius 3 is 2.35 bits per heavy atom. The molecule has 1 heterocycles. The van der Waals surface area contributed by atoms with Crippen LogP contribution in [0, 0.1) is 0 Å². The zero-order valence-corrected chi connectivity index (χ0v) is 13.4. The van der Waals surface area contributed by atoms with Crippen LogP contribution in [0.2, 0.25) is 0 Å². The second-order valence-corrected chi connectivity index (χ2v) is 5.94. The van der Waals surface area contributed by atoms with E-state index < -0.39 is 0 Å². The lowest BCUT2D eigenvalue weighted by molar-refractivity contribution is 0.238. The molecule has 0 bridgehead atoms. The minimum Gasteiger partial charge on any atom is -0.508 e. The van der Waals surface area contributed by atoms with Crippen LogP contribution < -0.4 is 10.1 Å². The molecule has 0 amide bonds. The van der Waals surface area contributed by atoms with Gasteiger partial charge >= 0.3 is 0 Å². The standard InChI is InChI=1S/C19H24N2O2/c22-18-7-3-16(4-8-18)15-20-17-5-9-19(10-6-17)23-14-13-21-11-1-2-12-21/h3-10,20,22H,1-2,11-15H2. The lowest BCUT2D eigenvalue weighted by Crippen LogP contribution is -2.25. The number of hydrogen-bond acceptors (Lipinski definition) is 4. The maximum Gasteiger partial charge on any atom is 0.119 e. The van der Waals surface area contributed by atoms with E-state index in [0.717, 1.165) is 36.7 Å². The van der Waals surface area contributed by atoms with Crippen molar-refractivity contribution in [3.8, 4) is 11.5 Å². The number of phenols is 1. The van der Waals surface area contributed by atoms with E-state index >= 15 is 0 Å². The van der Waals surface area contributed by atoms with Gasteiger partial charge in [0, 0.05) is 18.8 Å². The van der Waals surface area contributed by atoms with Gasteiger partial charge in [-0.15, -0.1) is 0 Å². The molecule has 0 unspecified atom stereocenters.